The lowest BCUT2D eigenvalue weighted by molar-refractivity contribution is -0.128. The van der Waals surface area contributed by atoms with Crippen LogP contribution in [0.2, 0.25) is 0 Å². The molecule has 1 amide bonds. The highest BCUT2D eigenvalue weighted by Gasteiger charge is 2.03. The maximum absolute atomic E-state index is 11.2. The Morgan fingerprint density at radius 3 is 2.50 bits per heavy atom. The van der Waals surface area contributed by atoms with Gasteiger partial charge in [-0.25, -0.2) is 0 Å². The topological polar surface area (TPSA) is 20.3 Å². The molecule has 0 saturated heterocycles. The predicted octanol–water partition coefficient (Wildman–Crippen LogP) is 2.63. The fourth-order valence-corrected chi connectivity index (χ4v) is 2.07. The van der Waals surface area contributed by atoms with Gasteiger partial charge >= 0.3 is 0 Å². The van der Waals surface area contributed by atoms with Crippen molar-refractivity contribution in [1.29, 1.82) is 0 Å². The van der Waals surface area contributed by atoms with Gasteiger partial charge in [0.2, 0.25) is 5.91 Å². The molecule has 1 unspecified atom stereocenters. The third-order valence-corrected chi connectivity index (χ3v) is 3.43. The van der Waals surface area contributed by atoms with E-state index in [9.17, 15) is 4.79 Å². The zero-order valence-electron chi connectivity index (χ0n) is 9.88. The van der Waals surface area contributed by atoms with E-state index in [0.717, 1.165) is 11.7 Å². The van der Waals surface area contributed by atoms with Crippen LogP contribution in [0.25, 0.3) is 0 Å². The quantitative estimate of drug-likeness (QED) is 0.611. The van der Waals surface area contributed by atoms with E-state index in [0.29, 0.717) is 6.42 Å². The van der Waals surface area contributed by atoms with Crippen LogP contribution in [0, 0.1) is 5.92 Å². The molecule has 0 spiro atoms. The molecule has 0 fully saturated rings. The van der Waals surface area contributed by atoms with Crippen LogP contribution in [0.15, 0.2) is 0 Å². The van der Waals surface area contributed by atoms with Gasteiger partial charge in [0.25, 0.3) is 0 Å². The van der Waals surface area contributed by atoms with Gasteiger partial charge in [0, 0.05) is 26.3 Å². The van der Waals surface area contributed by atoms with Crippen molar-refractivity contribution in [2.45, 2.75) is 33.1 Å². The van der Waals surface area contributed by atoms with Crippen molar-refractivity contribution in [2.75, 3.05) is 25.6 Å². The van der Waals surface area contributed by atoms with Gasteiger partial charge in [0.1, 0.15) is 0 Å². The Balaban J connectivity index is 3.26. The van der Waals surface area contributed by atoms with Gasteiger partial charge in [0.05, 0.1) is 0 Å². The fraction of sp³-hybridized carbons (Fsp3) is 0.909. The van der Waals surface area contributed by atoms with Crippen molar-refractivity contribution >= 4 is 17.7 Å². The van der Waals surface area contributed by atoms with Crippen molar-refractivity contribution in [3.05, 3.63) is 0 Å². The Labute approximate surface area is 92.4 Å². The van der Waals surface area contributed by atoms with E-state index < -0.39 is 0 Å². The Morgan fingerprint density at radius 2 is 2.00 bits per heavy atom. The molecule has 3 heteroatoms. The third kappa shape index (κ3) is 7.25. The van der Waals surface area contributed by atoms with Crippen LogP contribution >= 0.6 is 11.8 Å². The molecule has 0 aliphatic carbocycles. The summed E-state index contributed by atoms with van der Waals surface area (Å²) in [7, 11) is 3.62. The summed E-state index contributed by atoms with van der Waals surface area (Å²) in [5.41, 5.74) is 0. The molecule has 0 rings (SSSR count). The lowest BCUT2D eigenvalue weighted by Gasteiger charge is -2.10. The summed E-state index contributed by atoms with van der Waals surface area (Å²) in [5.74, 6) is 3.22. The number of hydrogen-bond donors (Lipinski definition) is 0. The smallest absolute Gasteiger partial charge is 0.222 e. The van der Waals surface area contributed by atoms with Crippen molar-refractivity contribution in [3.8, 4) is 0 Å². The molecule has 84 valence electrons. The first kappa shape index (κ1) is 13.8. The first-order valence-corrected chi connectivity index (χ1v) is 6.51. The molecular weight excluding hydrogens is 194 g/mol. The zero-order chi connectivity index (χ0) is 11.0. The third-order valence-electron chi connectivity index (χ3n) is 2.41. The fourth-order valence-electron chi connectivity index (χ4n) is 0.974. The maximum Gasteiger partial charge on any atom is 0.222 e. The highest BCUT2D eigenvalue weighted by atomic mass is 32.2. The predicted molar refractivity (Wildman–Crippen MR) is 64.7 cm³/mol. The average Bonchev–Trinajstić information content (AvgIpc) is 2.16. The van der Waals surface area contributed by atoms with Crippen molar-refractivity contribution in [3.63, 3.8) is 0 Å². The van der Waals surface area contributed by atoms with E-state index in [1.807, 2.05) is 25.9 Å². The molecule has 0 radical (unpaired) electrons. The zero-order valence-corrected chi connectivity index (χ0v) is 10.7. The molecule has 0 aromatic carbocycles. The molecule has 0 N–H and O–H groups in total. The number of amides is 1. The minimum absolute atomic E-state index is 0.237. The number of hydrogen-bond acceptors (Lipinski definition) is 2. The Bertz CT molecular complexity index is 159. The molecule has 0 aromatic heterocycles. The molecule has 0 heterocycles. The van der Waals surface area contributed by atoms with Gasteiger partial charge in [-0.15, -0.1) is 0 Å². The van der Waals surface area contributed by atoms with Crippen molar-refractivity contribution in [2.24, 2.45) is 5.92 Å². The number of rotatable bonds is 7. The Hall–Kier alpha value is -0.180. The standard InChI is InChI=1S/C11H23NOS/c1-5-10(2)6-8-14-9-7-11(13)12(3)4/h10H,5-9H2,1-4H3. The normalized spacial score (nSPS) is 12.6. The molecule has 0 aliphatic rings. The van der Waals surface area contributed by atoms with Crippen LogP contribution < -0.4 is 0 Å². The lowest BCUT2D eigenvalue weighted by atomic mass is 10.1. The first-order chi connectivity index (χ1) is 6.57. The van der Waals surface area contributed by atoms with Crippen molar-refractivity contribution in [1.82, 2.24) is 4.90 Å². The van der Waals surface area contributed by atoms with Gasteiger partial charge in [-0.05, 0) is 18.1 Å². The molecule has 0 bridgehead atoms. The molecular formula is C11H23NOS. The Morgan fingerprint density at radius 1 is 1.36 bits per heavy atom. The monoisotopic (exact) mass is 217 g/mol. The molecule has 0 aromatic rings. The van der Waals surface area contributed by atoms with Crippen LogP contribution in [0.4, 0.5) is 0 Å². The van der Waals surface area contributed by atoms with Gasteiger partial charge in [-0.2, -0.15) is 11.8 Å². The van der Waals surface area contributed by atoms with E-state index in [4.69, 9.17) is 0 Å². The highest BCUT2D eigenvalue weighted by Crippen LogP contribution is 2.12. The summed E-state index contributed by atoms with van der Waals surface area (Å²) in [6, 6.07) is 0. The molecule has 0 saturated carbocycles. The molecule has 2 nitrogen and oxygen atoms in total. The maximum atomic E-state index is 11.2. The summed E-state index contributed by atoms with van der Waals surface area (Å²) in [6.07, 6.45) is 3.21. The molecule has 1 atom stereocenters. The highest BCUT2D eigenvalue weighted by molar-refractivity contribution is 7.99. The second-order valence-electron chi connectivity index (χ2n) is 3.95. The molecule has 14 heavy (non-hydrogen) atoms. The summed E-state index contributed by atoms with van der Waals surface area (Å²) < 4.78 is 0. The van der Waals surface area contributed by atoms with E-state index in [-0.39, 0.29) is 5.91 Å². The van der Waals surface area contributed by atoms with Gasteiger partial charge in [-0.1, -0.05) is 20.3 Å². The summed E-state index contributed by atoms with van der Waals surface area (Å²) >= 11 is 1.90. The largest absolute Gasteiger partial charge is 0.349 e. The van der Waals surface area contributed by atoms with Gasteiger partial charge < -0.3 is 4.90 Å². The van der Waals surface area contributed by atoms with Gasteiger partial charge in [-0.3, -0.25) is 4.79 Å². The number of nitrogens with zero attached hydrogens (tertiary/aromatic N) is 1. The number of carbonyl (C=O) groups is 1. The average molecular weight is 217 g/mol. The minimum Gasteiger partial charge on any atom is -0.349 e. The summed E-state index contributed by atoms with van der Waals surface area (Å²) in [5, 5.41) is 0. The van der Waals surface area contributed by atoms with Crippen molar-refractivity contribution < 1.29 is 4.79 Å². The minimum atomic E-state index is 0.237. The first-order valence-electron chi connectivity index (χ1n) is 5.35. The number of carbonyl (C=O) groups excluding carboxylic acids is 1. The van der Waals surface area contributed by atoms with Gasteiger partial charge in [0.15, 0.2) is 0 Å². The SMILES string of the molecule is CCC(C)CCSCCC(=O)N(C)C. The second kappa shape index (κ2) is 8.16. The van der Waals surface area contributed by atoms with E-state index in [2.05, 4.69) is 13.8 Å². The summed E-state index contributed by atoms with van der Waals surface area (Å²) in [4.78, 5) is 12.9. The van der Waals surface area contributed by atoms with Crippen LogP contribution in [0.1, 0.15) is 33.1 Å². The lowest BCUT2D eigenvalue weighted by Crippen LogP contribution is -2.21. The van der Waals surface area contributed by atoms with E-state index in [1.165, 1.54) is 18.6 Å². The van der Waals surface area contributed by atoms with E-state index >= 15 is 0 Å². The summed E-state index contributed by atoms with van der Waals surface area (Å²) in [6.45, 7) is 4.51. The number of thioether (sulfide) groups is 1. The van der Waals surface area contributed by atoms with Crippen LogP contribution in [-0.4, -0.2) is 36.4 Å². The van der Waals surface area contributed by atoms with Crippen LogP contribution in [0.5, 0.6) is 0 Å². The van der Waals surface area contributed by atoms with Crippen LogP contribution in [0.3, 0.4) is 0 Å². The Kier molecular flexibility index (Phi) is 8.05. The van der Waals surface area contributed by atoms with Crippen LogP contribution in [-0.2, 0) is 4.79 Å². The second-order valence-corrected chi connectivity index (χ2v) is 5.18. The van der Waals surface area contributed by atoms with E-state index in [1.54, 1.807) is 4.90 Å². The molecule has 0 aliphatic heterocycles.